The van der Waals surface area contributed by atoms with Gasteiger partial charge in [0.05, 0.1) is 0 Å². The summed E-state index contributed by atoms with van der Waals surface area (Å²) >= 11 is 0. The zero-order valence-corrected chi connectivity index (χ0v) is 9.61. The van der Waals surface area contributed by atoms with Gasteiger partial charge in [0.15, 0.2) is 11.2 Å². The molecule has 6 heteroatoms. The Hall–Kier alpha value is -1.14. The van der Waals surface area contributed by atoms with Crippen LogP contribution in [0.2, 0.25) is 0 Å². The Morgan fingerprint density at radius 2 is 1.69 bits per heavy atom. The molecule has 2 atom stereocenters. The molecule has 0 aromatic carbocycles. The molecule has 0 aliphatic carbocycles. The second-order valence-electron chi connectivity index (χ2n) is 4.49. The van der Waals surface area contributed by atoms with Crippen LogP contribution in [0.1, 0.15) is 33.6 Å². The van der Waals surface area contributed by atoms with Crippen LogP contribution in [0.3, 0.4) is 0 Å². The lowest BCUT2D eigenvalue weighted by molar-refractivity contribution is -0.190. The predicted molar refractivity (Wildman–Crippen MR) is 55.2 cm³/mol. The van der Waals surface area contributed by atoms with Gasteiger partial charge in [-0.05, 0) is 25.7 Å². The number of carbonyl (C=O) groups is 2. The molecule has 1 rings (SSSR count). The Kier molecular flexibility index (Phi) is 4.07. The number of rotatable bonds is 3. The van der Waals surface area contributed by atoms with E-state index in [1.165, 1.54) is 6.92 Å². The first-order valence-corrected chi connectivity index (χ1v) is 4.91. The molecule has 0 aromatic heterocycles. The van der Waals surface area contributed by atoms with Gasteiger partial charge < -0.3 is 20.4 Å². The highest BCUT2D eigenvalue weighted by Gasteiger charge is 2.56. The van der Waals surface area contributed by atoms with E-state index in [9.17, 15) is 9.59 Å². The number of hydrogen-bond acceptors (Lipinski definition) is 3. The van der Waals surface area contributed by atoms with Gasteiger partial charge in [-0.2, -0.15) is 0 Å². The highest BCUT2D eigenvalue weighted by molar-refractivity contribution is 5.82. The number of aliphatic carboxylic acids is 2. The van der Waals surface area contributed by atoms with E-state index in [-0.39, 0.29) is 24.2 Å². The maximum Gasteiger partial charge on any atom is 0.336 e. The molecular weight excluding hydrogens is 216 g/mol. The minimum atomic E-state index is -1.37. The second kappa shape index (κ2) is 4.39. The van der Waals surface area contributed by atoms with Crippen molar-refractivity contribution in [2.45, 2.75) is 44.8 Å². The monoisotopic (exact) mass is 234 g/mol. The summed E-state index contributed by atoms with van der Waals surface area (Å²) in [4.78, 5) is 22.1. The Bertz CT molecular complexity index is 300. The van der Waals surface area contributed by atoms with Gasteiger partial charge >= 0.3 is 11.9 Å². The maximum atomic E-state index is 11.2. The van der Waals surface area contributed by atoms with Crippen LogP contribution >= 0.6 is 0 Å². The molecule has 0 amide bonds. The quantitative estimate of drug-likeness (QED) is 0.728. The van der Waals surface area contributed by atoms with Crippen molar-refractivity contribution in [1.29, 1.82) is 0 Å². The molecular formula is C10H18O6. The summed E-state index contributed by atoms with van der Waals surface area (Å²) < 4.78 is 5.32. The molecule has 1 aliphatic rings. The van der Waals surface area contributed by atoms with Crippen LogP contribution in [0, 0.1) is 5.92 Å². The fraction of sp³-hybridized carbons (Fsp3) is 0.800. The molecule has 0 spiro atoms. The van der Waals surface area contributed by atoms with Crippen LogP contribution in [-0.4, -0.2) is 38.8 Å². The van der Waals surface area contributed by atoms with E-state index < -0.39 is 23.1 Å². The van der Waals surface area contributed by atoms with Gasteiger partial charge in [-0.1, -0.05) is 13.8 Å². The second-order valence-corrected chi connectivity index (χ2v) is 4.49. The maximum absolute atomic E-state index is 11.2. The highest BCUT2D eigenvalue weighted by Crippen LogP contribution is 2.42. The summed E-state index contributed by atoms with van der Waals surface area (Å²) in [6, 6.07) is 0. The fourth-order valence-electron chi connectivity index (χ4n) is 1.88. The first-order valence-electron chi connectivity index (χ1n) is 4.91. The third-order valence-electron chi connectivity index (χ3n) is 3.13. The number of hydrogen-bond donors (Lipinski definition) is 2. The van der Waals surface area contributed by atoms with E-state index >= 15 is 0 Å². The van der Waals surface area contributed by atoms with E-state index in [4.69, 9.17) is 14.9 Å². The van der Waals surface area contributed by atoms with Crippen LogP contribution in [-0.2, 0) is 14.3 Å². The van der Waals surface area contributed by atoms with Gasteiger partial charge in [-0.3, -0.25) is 0 Å². The smallest absolute Gasteiger partial charge is 0.336 e. The van der Waals surface area contributed by atoms with Crippen LogP contribution < -0.4 is 0 Å². The number of ether oxygens (including phenoxy) is 1. The minimum Gasteiger partial charge on any atom is -0.479 e. The lowest BCUT2D eigenvalue weighted by Gasteiger charge is -2.30. The van der Waals surface area contributed by atoms with Gasteiger partial charge in [0, 0.05) is 0 Å². The third kappa shape index (κ3) is 2.03. The Balaban J connectivity index is 0.00000225. The highest BCUT2D eigenvalue weighted by atomic mass is 16.6. The zero-order chi connectivity index (χ0) is 11.9. The standard InChI is InChI=1S/C10H16O5.H2O/c1-6(2)10(8(13)14)5-4-9(3,15-10)7(11)12;/h6H,4-5H2,1-3H3,(H,11,12)(H,13,14);1H2. The van der Waals surface area contributed by atoms with E-state index in [1.54, 1.807) is 13.8 Å². The summed E-state index contributed by atoms with van der Waals surface area (Å²) in [5, 5.41) is 18.1. The topological polar surface area (TPSA) is 115 Å². The first kappa shape index (κ1) is 14.9. The van der Waals surface area contributed by atoms with Crippen molar-refractivity contribution in [3.8, 4) is 0 Å². The van der Waals surface area contributed by atoms with Gasteiger partial charge in [0.1, 0.15) is 0 Å². The molecule has 16 heavy (non-hydrogen) atoms. The zero-order valence-electron chi connectivity index (χ0n) is 9.61. The van der Waals surface area contributed by atoms with Crippen LogP contribution in [0.15, 0.2) is 0 Å². The fourth-order valence-corrected chi connectivity index (χ4v) is 1.88. The molecule has 1 heterocycles. The summed E-state index contributed by atoms with van der Waals surface area (Å²) in [5.74, 6) is -2.44. The summed E-state index contributed by atoms with van der Waals surface area (Å²) in [7, 11) is 0. The number of carboxylic acid groups (broad SMARTS) is 2. The van der Waals surface area contributed by atoms with E-state index in [0.29, 0.717) is 0 Å². The van der Waals surface area contributed by atoms with E-state index in [1.807, 2.05) is 0 Å². The SMILES string of the molecule is CC(C)C1(C(=O)O)CCC(C)(C(=O)O)O1.O. The molecule has 1 saturated heterocycles. The van der Waals surface area contributed by atoms with E-state index in [0.717, 1.165) is 0 Å². The molecule has 1 fully saturated rings. The lowest BCUT2D eigenvalue weighted by atomic mass is 9.87. The Labute approximate surface area is 93.5 Å². The van der Waals surface area contributed by atoms with Gasteiger partial charge in [0.2, 0.25) is 0 Å². The van der Waals surface area contributed by atoms with E-state index in [2.05, 4.69) is 0 Å². The predicted octanol–water partition coefficient (Wildman–Crippen LogP) is 0.295. The van der Waals surface area contributed by atoms with Crippen molar-refractivity contribution in [3.63, 3.8) is 0 Å². The molecule has 94 valence electrons. The van der Waals surface area contributed by atoms with Crippen molar-refractivity contribution >= 4 is 11.9 Å². The largest absolute Gasteiger partial charge is 0.479 e. The van der Waals surface area contributed by atoms with Crippen molar-refractivity contribution in [3.05, 3.63) is 0 Å². The molecule has 0 aromatic rings. The lowest BCUT2D eigenvalue weighted by Crippen LogP contribution is -2.47. The van der Waals surface area contributed by atoms with Gasteiger partial charge in [0.25, 0.3) is 0 Å². The van der Waals surface area contributed by atoms with Crippen LogP contribution in [0.4, 0.5) is 0 Å². The molecule has 0 saturated carbocycles. The van der Waals surface area contributed by atoms with Crippen molar-refractivity contribution in [2.75, 3.05) is 0 Å². The normalized spacial score (nSPS) is 33.5. The van der Waals surface area contributed by atoms with Crippen LogP contribution in [0.5, 0.6) is 0 Å². The third-order valence-corrected chi connectivity index (χ3v) is 3.13. The van der Waals surface area contributed by atoms with Gasteiger partial charge in [-0.25, -0.2) is 9.59 Å². The summed E-state index contributed by atoms with van der Waals surface area (Å²) in [6.45, 7) is 4.87. The number of carboxylic acids is 2. The summed E-state index contributed by atoms with van der Waals surface area (Å²) in [5.41, 5.74) is -2.73. The molecule has 0 bridgehead atoms. The van der Waals surface area contributed by atoms with Crippen molar-refractivity contribution < 1.29 is 30.0 Å². The minimum absolute atomic E-state index is 0. The Morgan fingerprint density at radius 3 is 1.88 bits per heavy atom. The van der Waals surface area contributed by atoms with Crippen molar-refractivity contribution in [2.24, 2.45) is 5.92 Å². The summed E-state index contributed by atoms with van der Waals surface area (Å²) in [6.07, 6.45) is 0.468. The molecule has 0 radical (unpaired) electrons. The molecule has 2 unspecified atom stereocenters. The average molecular weight is 234 g/mol. The first-order chi connectivity index (χ1) is 6.74. The van der Waals surface area contributed by atoms with Crippen LogP contribution in [0.25, 0.3) is 0 Å². The molecule has 4 N–H and O–H groups in total. The molecule has 6 nitrogen and oxygen atoms in total. The Morgan fingerprint density at radius 1 is 1.19 bits per heavy atom. The average Bonchev–Trinajstić information content (AvgIpc) is 2.46. The van der Waals surface area contributed by atoms with Crippen molar-refractivity contribution in [1.82, 2.24) is 0 Å². The van der Waals surface area contributed by atoms with Gasteiger partial charge in [-0.15, -0.1) is 0 Å². The molecule has 1 aliphatic heterocycles.